The van der Waals surface area contributed by atoms with Crippen molar-refractivity contribution in [3.63, 3.8) is 0 Å². The normalized spacial score (nSPS) is 12.9. The van der Waals surface area contributed by atoms with Gasteiger partial charge < -0.3 is 9.88 Å². The first-order valence-electron chi connectivity index (χ1n) is 8.70. The standard InChI is InChI=1S/C19H28N4OS/c1-7-11-23-16(15-10-8-9-13(2)12-15)21-22-18(23)25-14(3)17(24)20-19(4,5)6/h8-10,12,14H,7,11H2,1-6H3,(H,20,24). The van der Waals surface area contributed by atoms with Crippen LogP contribution in [-0.4, -0.2) is 31.5 Å². The fourth-order valence-corrected chi connectivity index (χ4v) is 3.36. The van der Waals surface area contributed by atoms with Crippen LogP contribution in [0.4, 0.5) is 0 Å². The second kappa shape index (κ2) is 8.04. The van der Waals surface area contributed by atoms with Crippen molar-refractivity contribution in [1.29, 1.82) is 0 Å². The smallest absolute Gasteiger partial charge is 0.233 e. The van der Waals surface area contributed by atoms with Gasteiger partial charge in [0.25, 0.3) is 0 Å². The molecule has 6 heteroatoms. The van der Waals surface area contributed by atoms with E-state index in [9.17, 15) is 4.79 Å². The molecule has 0 bridgehead atoms. The van der Waals surface area contributed by atoms with Gasteiger partial charge in [-0.15, -0.1) is 10.2 Å². The highest BCUT2D eigenvalue weighted by Gasteiger charge is 2.23. The third-order valence-corrected chi connectivity index (χ3v) is 4.67. The van der Waals surface area contributed by atoms with E-state index in [4.69, 9.17) is 0 Å². The predicted octanol–water partition coefficient (Wildman–Crippen LogP) is 4.06. The topological polar surface area (TPSA) is 59.8 Å². The summed E-state index contributed by atoms with van der Waals surface area (Å²) in [6.07, 6.45) is 0.979. The van der Waals surface area contributed by atoms with Gasteiger partial charge in [0.15, 0.2) is 11.0 Å². The van der Waals surface area contributed by atoms with Gasteiger partial charge in [-0.1, -0.05) is 42.4 Å². The van der Waals surface area contributed by atoms with Gasteiger partial charge in [0, 0.05) is 17.6 Å². The number of nitrogens with one attached hydrogen (secondary N) is 1. The summed E-state index contributed by atoms with van der Waals surface area (Å²) in [5, 5.41) is 12.3. The molecule has 1 atom stereocenters. The van der Waals surface area contributed by atoms with Crippen molar-refractivity contribution in [3.05, 3.63) is 29.8 Å². The van der Waals surface area contributed by atoms with E-state index in [1.807, 2.05) is 39.8 Å². The Kier molecular flexibility index (Phi) is 6.27. The Balaban J connectivity index is 2.25. The third kappa shape index (κ3) is 5.33. The summed E-state index contributed by atoms with van der Waals surface area (Å²) in [6, 6.07) is 8.26. The third-order valence-electron chi connectivity index (χ3n) is 3.59. The number of carbonyl (C=O) groups excluding carboxylic acids is 1. The summed E-state index contributed by atoms with van der Waals surface area (Å²) in [5.74, 6) is 0.872. The van der Waals surface area contributed by atoms with E-state index in [2.05, 4.69) is 46.1 Å². The van der Waals surface area contributed by atoms with E-state index in [0.29, 0.717) is 0 Å². The number of benzene rings is 1. The summed E-state index contributed by atoms with van der Waals surface area (Å²) in [5.41, 5.74) is 2.01. The molecule has 2 aromatic rings. The highest BCUT2D eigenvalue weighted by Crippen LogP contribution is 2.27. The lowest BCUT2D eigenvalue weighted by Crippen LogP contribution is -2.44. The molecule has 1 N–H and O–H groups in total. The van der Waals surface area contributed by atoms with Crippen molar-refractivity contribution in [1.82, 2.24) is 20.1 Å². The Morgan fingerprint density at radius 2 is 2.04 bits per heavy atom. The van der Waals surface area contributed by atoms with Gasteiger partial charge in [-0.05, 0) is 47.1 Å². The van der Waals surface area contributed by atoms with E-state index < -0.39 is 0 Å². The van der Waals surface area contributed by atoms with Crippen LogP contribution < -0.4 is 5.32 Å². The number of nitrogens with zero attached hydrogens (tertiary/aromatic N) is 3. The number of amides is 1. The maximum atomic E-state index is 12.4. The molecule has 0 aliphatic rings. The van der Waals surface area contributed by atoms with Crippen molar-refractivity contribution in [2.24, 2.45) is 0 Å². The van der Waals surface area contributed by atoms with Gasteiger partial charge in [-0.3, -0.25) is 4.79 Å². The number of rotatable bonds is 6. The number of aromatic nitrogens is 3. The molecule has 0 saturated heterocycles. The lowest BCUT2D eigenvalue weighted by atomic mass is 10.1. The Labute approximate surface area is 154 Å². The van der Waals surface area contributed by atoms with E-state index in [0.717, 1.165) is 29.5 Å². The molecule has 1 unspecified atom stereocenters. The molecule has 136 valence electrons. The Morgan fingerprint density at radius 3 is 2.64 bits per heavy atom. The zero-order valence-electron chi connectivity index (χ0n) is 16.0. The Morgan fingerprint density at radius 1 is 1.32 bits per heavy atom. The zero-order chi connectivity index (χ0) is 18.6. The molecule has 1 aromatic carbocycles. The SMILES string of the molecule is CCCn1c(SC(C)C(=O)NC(C)(C)C)nnc1-c1cccc(C)c1. The molecule has 25 heavy (non-hydrogen) atoms. The second-order valence-electron chi connectivity index (χ2n) is 7.33. The van der Waals surface area contributed by atoms with Gasteiger partial charge in [-0.25, -0.2) is 0 Å². The monoisotopic (exact) mass is 360 g/mol. The molecular formula is C19H28N4OS. The van der Waals surface area contributed by atoms with Crippen LogP contribution in [-0.2, 0) is 11.3 Å². The molecular weight excluding hydrogens is 332 g/mol. The van der Waals surface area contributed by atoms with Crippen molar-refractivity contribution < 1.29 is 4.79 Å². The van der Waals surface area contributed by atoms with Crippen LogP contribution in [0, 0.1) is 6.92 Å². The molecule has 1 amide bonds. The largest absolute Gasteiger partial charge is 0.351 e. The molecule has 0 radical (unpaired) electrons. The van der Waals surface area contributed by atoms with Crippen molar-refractivity contribution in [2.45, 2.75) is 70.5 Å². The van der Waals surface area contributed by atoms with E-state index in [-0.39, 0.29) is 16.7 Å². The first-order valence-corrected chi connectivity index (χ1v) is 9.58. The lowest BCUT2D eigenvalue weighted by Gasteiger charge is -2.23. The maximum absolute atomic E-state index is 12.4. The van der Waals surface area contributed by atoms with E-state index in [1.165, 1.54) is 17.3 Å². The van der Waals surface area contributed by atoms with E-state index in [1.54, 1.807) is 0 Å². The Bertz CT molecular complexity index is 733. The molecule has 2 rings (SSSR count). The highest BCUT2D eigenvalue weighted by atomic mass is 32.2. The van der Waals surface area contributed by atoms with Crippen LogP contribution in [0.5, 0.6) is 0 Å². The van der Waals surface area contributed by atoms with Crippen molar-refractivity contribution in [2.75, 3.05) is 0 Å². The average Bonchev–Trinajstić information content (AvgIpc) is 2.89. The fraction of sp³-hybridized carbons (Fsp3) is 0.526. The quantitative estimate of drug-likeness (QED) is 0.789. The molecule has 0 spiro atoms. The van der Waals surface area contributed by atoms with Crippen molar-refractivity contribution in [3.8, 4) is 11.4 Å². The number of aryl methyl sites for hydroxylation is 1. The number of hydrogen-bond donors (Lipinski definition) is 1. The summed E-state index contributed by atoms with van der Waals surface area (Å²) in [6.45, 7) is 12.9. The summed E-state index contributed by atoms with van der Waals surface area (Å²) in [7, 11) is 0. The van der Waals surface area contributed by atoms with Gasteiger partial charge >= 0.3 is 0 Å². The maximum Gasteiger partial charge on any atom is 0.233 e. The molecule has 5 nitrogen and oxygen atoms in total. The summed E-state index contributed by atoms with van der Waals surface area (Å²) >= 11 is 1.46. The fourth-order valence-electron chi connectivity index (χ4n) is 2.48. The molecule has 0 saturated carbocycles. The van der Waals surface area contributed by atoms with Gasteiger partial charge in [-0.2, -0.15) is 0 Å². The molecule has 0 aliphatic heterocycles. The van der Waals surface area contributed by atoms with E-state index >= 15 is 0 Å². The minimum absolute atomic E-state index is 0.0145. The highest BCUT2D eigenvalue weighted by molar-refractivity contribution is 8.00. The van der Waals surface area contributed by atoms with Crippen LogP contribution in [0.3, 0.4) is 0 Å². The first-order chi connectivity index (χ1) is 11.7. The first kappa shape index (κ1) is 19.5. The predicted molar refractivity (Wildman–Crippen MR) is 104 cm³/mol. The zero-order valence-corrected chi connectivity index (χ0v) is 16.8. The minimum atomic E-state index is -0.240. The van der Waals surface area contributed by atoms with Crippen LogP contribution >= 0.6 is 11.8 Å². The molecule has 0 aliphatic carbocycles. The number of thioether (sulfide) groups is 1. The number of carbonyl (C=O) groups is 1. The molecule has 1 aromatic heterocycles. The summed E-state index contributed by atoms with van der Waals surface area (Å²) < 4.78 is 2.11. The average molecular weight is 361 g/mol. The Hall–Kier alpha value is -1.82. The van der Waals surface area contributed by atoms with Crippen molar-refractivity contribution >= 4 is 17.7 Å². The minimum Gasteiger partial charge on any atom is -0.351 e. The molecule has 1 heterocycles. The lowest BCUT2D eigenvalue weighted by molar-refractivity contribution is -0.121. The van der Waals surface area contributed by atoms with Gasteiger partial charge in [0.2, 0.25) is 5.91 Å². The van der Waals surface area contributed by atoms with Crippen LogP contribution in [0.25, 0.3) is 11.4 Å². The second-order valence-corrected chi connectivity index (χ2v) is 8.63. The summed E-state index contributed by atoms with van der Waals surface area (Å²) in [4.78, 5) is 12.4. The van der Waals surface area contributed by atoms with Crippen LogP contribution in [0.15, 0.2) is 29.4 Å². The number of hydrogen-bond acceptors (Lipinski definition) is 4. The van der Waals surface area contributed by atoms with Gasteiger partial charge in [0.05, 0.1) is 5.25 Å². The van der Waals surface area contributed by atoms with Crippen LogP contribution in [0.1, 0.15) is 46.6 Å². The van der Waals surface area contributed by atoms with Gasteiger partial charge in [0.1, 0.15) is 0 Å². The van der Waals surface area contributed by atoms with Crippen LogP contribution in [0.2, 0.25) is 0 Å². The molecule has 0 fully saturated rings.